The molecule has 0 aromatic carbocycles. The Labute approximate surface area is 161 Å². The van der Waals surface area contributed by atoms with E-state index in [4.69, 9.17) is 0 Å². The summed E-state index contributed by atoms with van der Waals surface area (Å²) < 4.78 is 16.3. The maximum atomic E-state index is 14.5. The van der Waals surface area contributed by atoms with Gasteiger partial charge in [0.05, 0.1) is 22.0 Å². The van der Waals surface area contributed by atoms with Crippen LogP contribution in [0.1, 0.15) is 33.9 Å². The maximum Gasteiger partial charge on any atom is 0.264 e. The second kappa shape index (κ2) is 7.01. The third kappa shape index (κ3) is 3.59. The van der Waals surface area contributed by atoms with Gasteiger partial charge in [0.1, 0.15) is 10.7 Å². The van der Waals surface area contributed by atoms with Crippen LogP contribution >= 0.6 is 11.3 Å². The van der Waals surface area contributed by atoms with Crippen molar-refractivity contribution in [1.29, 1.82) is 0 Å². The van der Waals surface area contributed by atoms with E-state index in [1.165, 1.54) is 6.07 Å². The number of carbonyl (C=O) groups is 1. The number of nitrogens with zero attached hydrogens (tertiary/aromatic N) is 4. The lowest BCUT2D eigenvalue weighted by Gasteiger charge is -2.29. The summed E-state index contributed by atoms with van der Waals surface area (Å²) in [5.41, 5.74) is 3.09. The molecule has 3 aromatic rings. The first kappa shape index (κ1) is 18.1. The second-order valence-electron chi connectivity index (χ2n) is 7.16. The second-order valence-corrected chi connectivity index (χ2v) is 8.22. The van der Waals surface area contributed by atoms with E-state index in [0.29, 0.717) is 10.6 Å². The number of rotatable bonds is 3. The van der Waals surface area contributed by atoms with E-state index in [2.05, 4.69) is 27.2 Å². The van der Waals surface area contributed by atoms with Gasteiger partial charge in [-0.05, 0) is 52.9 Å². The molecule has 0 radical (unpaired) electrons. The highest BCUT2D eigenvalue weighted by Crippen LogP contribution is 2.31. The van der Waals surface area contributed by atoms with Crippen LogP contribution < -0.4 is 5.32 Å². The molecule has 1 saturated heterocycles. The van der Waals surface area contributed by atoms with Crippen LogP contribution in [0.2, 0.25) is 0 Å². The number of thiophene rings is 1. The number of piperidine rings is 1. The molecule has 27 heavy (non-hydrogen) atoms. The lowest BCUT2D eigenvalue weighted by atomic mass is 10.1. The standard InChI is InChI=1S/C19H22FN5OS/c1-11-9-25-10-15(23-18(25)12(2)21-11)16-8-14(20)17(27-16)19(26)22-13-4-6-24(3)7-5-13/h8-10,13H,4-7H2,1-3H3,(H,22,26). The minimum Gasteiger partial charge on any atom is -0.348 e. The summed E-state index contributed by atoms with van der Waals surface area (Å²) in [7, 11) is 2.07. The van der Waals surface area contributed by atoms with Crippen LogP contribution in [0.25, 0.3) is 16.2 Å². The number of hydrogen-bond donors (Lipinski definition) is 1. The molecule has 0 spiro atoms. The van der Waals surface area contributed by atoms with Crippen LogP contribution in [0.3, 0.4) is 0 Å². The number of aryl methyl sites for hydroxylation is 2. The molecule has 0 aliphatic carbocycles. The molecule has 4 rings (SSSR count). The van der Waals surface area contributed by atoms with Gasteiger partial charge < -0.3 is 14.6 Å². The van der Waals surface area contributed by atoms with Gasteiger partial charge >= 0.3 is 0 Å². The van der Waals surface area contributed by atoms with Crippen molar-refractivity contribution in [2.45, 2.75) is 32.7 Å². The molecule has 142 valence electrons. The van der Waals surface area contributed by atoms with E-state index in [0.717, 1.165) is 54.3 Å². The molecule has 3 aromatic heterocycles. The van der Waals surface area contributed by atoms with Gasteiger partial charge in [0, 0.05) is 18.4 Å². The van der Waals surface area contributed by atoms with E-state index >= 15 is 0 Å². The highest BCUT2D eigenvalue weighted by Gasteiger charge is 2.23. The van der Waals surface area contributed by atoms with E-state index in [-0.39, 0.29) is 16.8 Å². The normalized spacial score (nSPS) is 16.1. The van der Waals surface area contributed by atoms with E-state index in [1.807, 2.05) is 30.6 Å². The van der Waals surface area contributed by atoms with Crippen molar-refractivity contribution < 1.29 is 9.18 Å². The average Bonchev–Trinajstić information content (AvgIpc) is 3.20. The van der Waals surface area contributed by atoms with Gasteiger partial charge in [-0.1, -0.05) is 0 Å². The summed E-state index contributed by atoms with van der Waals surface area (Å²) in [6.07, 6.45) is 5.51. The van der Waals surface area contributed by atoms with Crippen LogP contribution in [-0.2, 0) is 0 Å². The summed E-state index contributed by atoms with van der Waals surface area (Å²) >= 11 is 1.14. The summed E-state index contributed by atoms with van der Waals surface area (Å²) in [5, 5.41) is 2.97. The number of halogens is 1. The molecule has 8 heteroatoms. The molecule has 6 nitrogen and oxygen atoms in total. The van der Waals surface area contributed by atoms with E-state index in [1.54, 1.807) is 0 Å². The Balaban J connectivity index is 1.58. The van der Waals surface area contributed by atoms with Crippen molar-refractivity contribution in [3.05, 3.63) is 40.5 Å². The Kier molecular flexibility index (Phi) is 4.69. The summed E-state index contributed by atoms with van der Waals surface area (Å²) in [4.78, 5) is 24.5. The molecule has 0 atom stereocenters. The molecule has 1 amide bonds. The first-order chi connectivity index (χ1) is 12.9. The van der Waals surface area contributed by atoms with Crippen LogP contribution in [0.4, 0.5) is 4.39 Å². The Morgan fingerprint density at radius 1 is 1.26 bits per heavy atom. The van der Waals surface area contributed by atoms with Gasteiger partial charge in [-0.15, -0.1) is 11.3 Å². The minimum absolute atomic E-state index is 0.102. The molecule has 1 fully saturated rings. The van der Waals surface area contributed by atoms with Gasteiger partial charge in [0.25, 0.3) is 5.91 Å². The Hall–Kier alpha value is -2.32. The third-order valence-electron chi connectivity index (χ3n) is 4.93. The van der Waals surface area contributed by atoms with Gasteiger partial charge in [0.15, 0.2) is 5.65 Å². The summed E-state index contributed by atoms with van der Waals surface area (Å²) in [5.74, 6) is -0.834. The van der Waals surface area contributed by atoms with Crippen molar-refractivity contribution in [3.8, 4) is 10.6 Å². The number of nitrogens with one attached hydrogen (secondary N) is 1. The molecule has 1 aliphatic rings. The smallest absolute Gasteiger partial charge is 0.264 e. The van der Waals surface area contributed by atoms with Gasteiger partial charge in [-0.2, -0.15) is 0 Å². The van der Waals surface area contributed by atoms with Crippen LogP contribution in [0.5, 0.6) is 0 Å². The van der Waals surface area contributed by atoms with Crippen molar-refractivity contribution >= 4 is 22.9 Å². The highest BCUT2D eigenvalue weighted by molar-refractivity contribution is 7.17. The largest absolute Gasteiger partial charge is 0.348 e. The number of imidazole rings is 1. The highest BCUT2D eigenvalue weighted by atomic mass is 32.1. The van der Waals surface area contributed by atoms with Gasteiger partial charge in [-0.3, -0.25) is 9.78 Å². The summed E-state index contributed by atoms with van der Waals surface area (Å²) in [6, 6.07) is 1.50. The minimum atomic E-state index is -0.497. The third-order valence-corrected chi connectivity index (χ3v) is 6.06. The molecule has 0 saturated carbocycles. The van der Waals surface area contributed by atoms with Crippen molar-refractivity contribution in [2.75, 3.05) is 20.1 Å². The maximum absolute atomic E-state index is 14.5. The van der Waals surface area contributed by atoms with Crippen LogP contribution in [0, 0.1) is 19.7 Å². The van der Waals surface area contributed by atoms with Crippen molar-refractivity contribution in [3.63, 3.8) is 0 Å². The lowest BCUT2D eigenvalue weighted by Crippen LogP contribution is -2.43. The zero-order valence-corrected chi connectivity index (χ0v) is 16.4. The van der Waals surface area contributed by atoms with Gasteiger partial charge in [-0.25, -0.2) is 9.37 Å². The molecule has 4 heterocycles. The predicted octanol–water partition coefficient (Wildman–Crippen LogP) is 3.04. The lowest BCUT2D eigenvalue weighted by molar-refractivity contribution is 0.0917. The van der Waals surface area contributed by atoms with Crippen molar-refractivity contribution in [2.24, 2.45) is 0 Å². The van der Waals surface area contributed by atoms with E-state index < -0.39 is 5.82 Å². The fourth-order valence-corrected chi connectivity index (χ4v) is 4.37. The quantitative estimate of drug-likeness (QED) is 0.750. The number of aromatic nitrogens is 3. The molecule has 0 unspecified atom stereocenters. The van der Waals surface area contributed by atoms with Gasteiger partial charge in [0.2, 0.25) is 0 Å². The Bertz CT molecular complexity index is 1000. The molecular weight excluding hydrogens is 365 g/mol. The Morgan fingerprint density at radius 3 is 2.74 bits per heavy atom. The fraction of sp³-hybridized carbons (Fsp3) is 0.421. The zero-order valence-electron chi connectivity index (χ0n) is 15.6. The van der Waals surface area contributed by atoms with Crippen LogP contribution in [-0.4, -0.2) is 51.4 Å². The molecule has 1 N–H and O–H groups in total. The zero-order chi connectivity index (χ0) is 19.1. The first-order valence-corrected chi connectivity index (χ1v) is 9.84. The fourth-order valence-electron chi connectivity index (χ4n) is 3.48. The molecular formula is C19H22FN5OS. The average molecular weight is 387 g/mol. The number of amides is 1. The number of likely N-dealkylation sites (tertiary alicyclic amines) is 1. The van der Waals surface area contributed by atoms with Crippen LogP contribution in [0.15, 0.2) is 18.5 Å². The molecule has 1 aliphatic heterocycles. The Morgan fingerprint density at radius 2 is 2.00 bits per heavy atom. The summed E-state index contributed by atoms with van der Waals surface area (Å²) in [6.45, 7) is 5.70. The molecule has 0 bridgehead atoms. The monoisotopic (exact) mass is 387 g/mol. The SMILES string of the molecule is Cc1cn2cc(-c3cc(F)c(C(=O)NC4CCN(C)CC4)s3)nc2c(C)n1. The first-order valence-electron chi connectivity index (χ1n) is 9.03. The number of hydrogen-bond acceptors (Lipinski definition) is 5. The topological polar surface area (TPSA) is 62.5 Å². The van der Waals surface area contributed by atoms with Crippen molar-refractivity contribution in [1.82, 2.24) is 24.6 Å². The predicted molar refractivity (Wildman–Crippen MR) is 104 cm³/mol. The number of carbonyl (C=O) groups excluding carboxylic acids is 1. The van der Waals surface area contributed by atoms with E-state index in [9.17, 15) is 9.18 Å². The number of fused-ring (bicyclic) bond motifs is 1.